The van der Waals surface area contributed by atoms with Gasteiger partial charge in [-0.1, -0.05) is 0 Å². The van der Waals surface area contributed by atoms with E-state index in [0.29, 0.717) is 0 Å². The molecule has 0 amide bonds. The number of hydrogen-bond donors (Lipinski definition) is 0. The van der Waals surface area contributed by atoms with Crippen LogP contribution in [0.4, 0.5) is 0 Å². The summed E-state index contributed by atoms with van der Waals surface area (Å²) in [7, 11) is 0. The van der Waals surface area contributed by atoms with Crippen LogP contribution in [0.1, 0.15) is 0 Å². The van der Waals surface area contributed by atoms with Crippen molar-refractivity contribution in [3.05, 3.63) is 46.4 Å². The van der Waals surface area contributed by atoms with Gasteiger partial charge in [-0.15, -0.1) is 0 Å². The molecule has 1 N–H and O–H groups in total. The van der Waals surface area contributed by atoms with E-state index < -0.39 is 0 Å². The summed E-state index contributed by atoms with van der Waals surface area (Å²) in [5.41, 5.74) is 2.31. The van der Waals surface area contributed by atoms with Crippen molar-refractivity contribution in [3.63, 3.8) is 0 Å². The van der Waals surface area contributed by atoms with Crippen molar-refractivity contribution in [2.24, 2.45) is 0 Å². The third-order valence-corrected chi connectivity index (χ3v) is 2.63. The summed E-state index contributed by atoms with van der Waals surface area (Å²) < 4.78 is 1.16. The highest BCUT2D eigenvalue weighted by molar-refractivity contribution is 14.1. The Kier molecular flexibility index (Phi) is 4.73. The van der Waals surface area contributed by atoms with Crippen LogP contribution < -0.4 is 29.0 Å². The highest BCUT2D eigenvalue weighted by Crippen LogP contribution is 2.19. The summed E-state index contributed by atoms with van der Waals surface area (Å²) in [4.78, 5) is 7.24. The van der Waals surface area contributed by atoms with Gasteiger partial charge in [-0.05, 0) is 34.7 Å². The molecule has 0 unspecified atom stereocenters. The average Bonchev–Trinajstić information content (AvgIpc) is 2.20. The van der Waals surface area contributed by atoms with Gasteiger partial charge in [0.2, 0.25) is 5.69 Å². The SMILES string of the molecule is Ic1cnccc1-c1cccc[nH+]1.[I-]. The molecule has 2 rings (SSSR count). The molecular formula is C10H8I2N2. The van der Waals surface area contributed by atoms with Crippen LogP contribution in [0.15, 0.2) is 42.9 Å². The van der Waals surface area contributed by atoms with Crippen LogP contribution in [-0.4, -0.2) is 4.98 Å². The lowest BCUT2D eigenvalue weighted by Crippen LogP contribution is -3.00. The van der Waals surface area contributed by atoms with Crippen molar-refractivity contribution in [3.8, 4) is 11.3 Å². The molecule has 0 radical (unpaired) electrons. The zero-order valence-electron chi connectivity index (χ0n) is 7.24. The second kappa shape index (κ2) is 5.59. The van der Waals surface area contributed by atoms with Crippen molar-refractivity contribution in [2.75, 3.05) is 0 Å². The van der Waals surface area contributed by atoms with Crippen LogP contribution in [0.25, 0.3) is 11.3 Å². The van der Waals surface area contributed by atoms with E-state index >= 15 is 0 Å². The maximum Gasteiger partial charge on any atom is 0.211 e. The molecule has 0 aliphatic carbocycles. The molecule has 72 valence electrons. The average molecular weight is 410 g/mol. The predicted molar refractivity (Wildman–Crippen MR) is 58.9 cm³/mol. The fraction of sp³-hybridized carbons (Fsp3) is 0. The Balaban J connectivity index is 0.000000980. The maximum absolute atomic E-state index is 4.05. The van der Waals surface area contributed by atoms with Crippen LogP contribution in [0.5, 0.6) is 0 Å². The Morgan fingerprint density at radius 2 is 2.07 bits per heavy atom. The summed E-state index contributed by atoms with van der Waals surface area (Å²) in [5, 5.41) is 0. The van der Waals surface area contributed by atoms with Crippen molar-refractivity contribution < 1.29 is 29.0 Å². The Hall–Kier alpha value is -0.240. The Bertz CT molecular complexity index is 404. The number of nitrogens with one attached hydrogen (secondary N) is 1. The molecule has 14 heavy (non-hydrogen) atoms. The number of hydrogen-bond acceptors (Lipinski definition) is 1. The molecule has 0 spiro atoms. The van der Waals surface area contributed by atoms with E-state index in [0.717, 1.165) is 9.26 Å². The lowest BCUT2D eigenvalue weighted by atomic mass is 10.2. The third kappa shape index (κ3) is 2.63. The Morgan fingerprint density at radius 1 is 1.21 bits per heavy atom. The highest BCUT2D eigenvalue weighted by atomic mass is 127. The summed E-state index contributed by atoms with van der Waals surface area (Å²) in [5.74, 6) is 0. The van der Waals surface area contributed by atoms with Gasteiger partial charge in [0, 0.05) is 28.1 Å². The number of halogens is 2. The summed E-state index contributed by atoms with van der Waals surface area (Å²) in [6.45, 7) is 0. The summed E-state index contributed by atoms with van der Waals surface area (Å²) in [6.07, 6.45) is 5.58. The quantitative estimate of drug-likeness (QED) is 0.565. The molecule has 2 nitrogen and oxygen atoms in total. The smallest absolute Gasteiger partial charge is 0.211 e. The second-order valence-corrected chi connectivity index (χ2v) is 3.79. The molecule has 0 aliphatic rings. The molecular weight excluding hydrogens is 402 g/mol. The zero-order chi connectivity index (χ0) is 9.10. The van der Waals surface area contributed by atoms with Crippen molar-refractivity contribution >= 4 is 22.6 Å². The van der Waals surface area contributed by atoms with Crippen LogP contribution >= 0.6 is 22.6 Å². The van der Waals surface area contributed by atoms with Gasteiger partial charge in [-0.25, -0.2) is 4.98 Å². The fourth-order valence-corrected chi connectivity index (χ4v) is 1.79. The Labute approximate surface area is 113 Å². The van der Waals surface area contributed by atoms with Crippen molar-refractivity contribution in [2.45, 2.75) is 0 Å². The lowest BCUT2D eigenvalue weighted by Gasteiger charge is -1.96. The van der Waals surface area contributed by atoms with Gasteiger partial charge in [-0.3, -0.25) is 4.98 Å². The summed E-state index contributed by atoms with van der Waals surface area (Å²) >= 11 is 2.28. The molecule has 0 saturated carbocycles. The normalized spacial score (nSPS) is 9.21. The number of pyridine rings is 2. The molecule has 2 heterocycles. The molecule has 0 aliphatic heterocycles. The first-order valence-corrected chi connectivity index (χ1v) is 5.02. The minimum absolute atomic E-state index is 0. The van der Waals surface area contributed by atoms with E-state index in [1.54, 1.807) is 6.20 Å². The van der Waals surface area contributed by atoms with Crippen molar-refractivity contribution in [1.29, 1.82) is 0 Å². The standard InChI is InChI=1S/C10H7IN2.HI/c11-9-7-12-6-4-8(9)10-3-1-2-5-13-10;/h1-7H;1H. The van der Waals surface area contributed by atoms with Gasteiger partial charge in [-0.2, -0.15) is 0 Å². The van der Waals surface area contributed by atoms with Gasteiger partial charge in [0.25, 0.3) is 0 Å². The molecule has 0 atom stereocenters. The van der Waals surface area contributed by atoms with Gasteiger partial charge in [0.05, 0.1) is 5.56 Å². The lowest BCUT2D eigenvalue weighted by molar-refractivity contribution is -0.364. The second-order valence-electron chi connectivity index (χ2n) is 2.63. The van der Waals surface area contributed by atoms with E-state index in [-0.39, 0.29) is 24.0 Å². The first-order valence-electron chi connectivity index (χ1n) is 3.94. The minimum atomic E-state index is 0. The fourth-order valence-electron chi connectivity index (χ4n) is 1.15. The zero-order valence-corrected chi connectivity index (χ0v) is 11.6. The van der Waals surface area contributed by atoms with E-state index in [9.17, 15) is 0 Å². The van der Waals surface area contributed by atoms with E-state index in [1.807, 2.05) is 30.6 Å². The molecule has 2 aromatic heterocycles. The van der Waals surface area contributed by atoms with E-state index in [1.165, 1.54) is 5.56 Å². The van der Waals surface area contributed by atoms with Crippen LogP contribution in [0.2, 0.25) is 0 Å². The van der Waals surface area contributed by atoms with E-state index in [4.69, 9.17) is 0 Å². The molecule has 0 bridgehead atoms. The van der Waals surface area contributed by atoms with Crippen LogP contribution in [0.3, 0.4) is 0 Å². The molecule has 0 fully saturated rings. The number of rotatable bonds is 1. The van der Waals surface area contributed by atoms with Gasteiger partial charge in [0.1, 0.15) is 0 Å². The molecule has 0 aromatic carbocycles. The monoisotopic (exact) mass is 410 g/mol. The van der Waals surface area contributed by atoms with Gasteiger partial charge < -0.3 is 24.0 Å². The third-order valence-electron chi connectivity index (χ3n) is 1.77. The molecule has 0 saturated heterocycles. The largest absolute Gasteiger partial charge is 1.00 e. The number of H-pyrrole nitrogens is 1. The van der Waals surface area contributed by atoms with E-state index in [2.05, 4.69) is 38.6 Å². The number of aromatic amines is 1. The first-order chi connectivity index (χ1) is 6.38. The van der Waals surface area contributed by atoms with Gasteiger partial charge in [0.15, 0.2) is 6.20 Å². The number of nitrogens with zero attached hydrogens (tertiary/aromatic N) is 1. The van der Waals surface area contributed by atoms with Crippen LogP contribution in [-0.2, 0) is 0 Å². The Morgan fingerprint density at radius 3 is 2.71 bits per heavy atom. The van der Waals surface area contributed by atoms with Gasteiger partial charge >= 0.3 is 0 Å². The highest BCUT2D eigenvalue weighted by Gasteiger charge is 2.06. The van der Waals surface area contributed by atoms with Crippen LogP contribution in [0, 0.1) is 3.57 Å². The summed E-state index contributed by atoms with van der Waals surface area (Å²) in [6, 6.07) is 8.05. The topological polar surface area (TPSA) is 27.0 Å². The number of aromatic nitrogens is 2. The van der Waals surface area contributed by atoms with Crippen molar-refractivity contribution in [1.82, 2.24) is 4.98 Å². The predicted octanol–water partition coefficient (Wildman–Crippen LogP) is -0.829. The first kappa shape index (κ1) is 11.8. The minimum Gasteiger partial charge on any atom is -1.00 e. The maximum atomic E-state index is 4.05. The molecule has 2 aromatic rings. The molecule has 4 heteroatoms.